The molecule has 9 nitrogen and oxygen atoms in total. The third kappa shape index (κ3) is 4.66. The highest BCUT2D eigenvalue weighted by atomic mass is 32.3. The zero-order chi connectivity index (χ0) is 23.8. The van der Waals surface area contributed by atoms with Crippen LogP contribution in [0.4, 0.5) is 23.5 Å². The molecular weight excluding hydrogens is 460 g/mol. The van der Waals surface area contributed by atoms with E-state index in [-0.39, 0.29) is 23.8 Å². The van der Waals surface area contributed by atoms with E-state index in [4.69, 9.17) is 0 Å². The fraction of sp³-hybridized carbons (Fsp3) is 0.389. The second-order valence-electron chi connectivity index (χ2n) is 7.11. The maximum atomic E-state index is 13.4. The van der Waals surface area contributed by atoms with Crippen molar-refractivity contribution in [2.75, 3.05) is 16.6 Å². The summed E-state index contributed by atoms with van der Waals surface area (Å²) in [6.07, 6.45) is -3.82. The number of benzene rings is 1. The van der Waals surface area contributed by atoms with Gasteiger partial charge in [0, 0.05) is 20.1 Å². The number of nitrogens with zero attached hydrogens (tertiary/aromatic N) is 3. The average molecular weight is 480 g/mol. The van der Waals surface area contributed by atoms with E-state index < -0.39 is 57.8 Å². The molecule has 0 atom stereocenters. The van der Waals surface area contributed by atoms with Gasteiger partial charge in [-0.1, -0.05) is 6.07 Å². The van der Waals surface area contributed by atoms with E-state index in [0.29, 0.717) is 25.0 Å². The molecule has 0 unspecified atom stereocenters. The summed E-state index contributed by atoms with van der Waals surface area (Å²) in [5, 5.41) is 12.3. The van der Waals surface area contributed by atoms with Crippen LogP contribution in [0, 0.1) is 5.82 Å². The zero-order valence-electron chi connectivity index (χ0n) is 16.7. The molecule has 1 aliphatic heterocycles. The SMILES string of the molecule is Cn1c(N2CCCCS2(O)O)nc(C(=O)NCc2ccc(F)c(C(F)(F)F)c2)c(O)c1=O. The van der Waals surface area contributed by atoms with Gasteiger partial charge in [0.25, 0.3) is 11.5 Å². The Labute approximate surface area is 180 Å². The summed E-state index contributed by atoms with van der Waals surface area (Å²) < 4.78 is 74.5. The van der Waals surface area contributed by atoms with Crippen LogP contribution in [-0.2, 0) is 19.8 Å². The van der Waals surface area contributed by atoms with E-state index in [1.54, 1.807) is 0 Å². The zero-order valence-corrected chi connectivity index (χ0v) is 17.5. The third-order valence-electron chi connectivity index (χ3n) is 4.85. The van der Waals surface area contributed by atoms with Crippen molar-refractivity contribution in [2.24, 2.45) is 7.05 Å². The lowest BCUT2D eigenvalue weighted by atomic mass is 10.1. The number of amides is 1. The van der Waals surface area contributed by atoms with E-state index in [1.165, 1.54) is 7.05 Å². The molecule has 0 bridgehead atoms. The molecule has 0 radical (unpaired) electrons. The number of alkyl halides is 3. The fourth-order valence-electron chi connectivity index (χ4n) is 3.16. The van der Waals surface area contributed by atoms with Crippen LogP contribution in [0.5, 0.6) is 5.75 Å². The van der Waals surface area contributed by atoms with Crippen LogP contribution in [0.3, 0.4) is 0 Å². The number of halogens is 4. The Morgan fingerprint density at radius 3 is 2.59 bits per heavy atom. The monoisotopic (exact) mass is 480 g/mol. The highest BCUT2D eigenvalue weighted by Crippen LogP contribution is 2.48. The van der Waals surface area contributed by atoms with Crippen LogP contribution in [-0.4, -0.2) is 42.0 Å². The van der Waals surface area contributed by atoms with E-state index in [1.807, 2.05) is 0 Å². The number of carbonyl (C=O) groups is 1. The van der Waals surface area contributed by atoms with E-state index in [0.717, 1.165) is 14.9 Å². The summed E-state index contributed by atoms with van der Waals surface area (Å²) in [6.45, 7) is -0.336. The Morgan fingerprint density at radius 2 is 1.97 bits per heavy atom. The van der Waals surface area contributed by atoms with Gasteiger partial charge in [0.1, 0.15) is 5.82 Å². The van der Waals surface area contributed by atoms with Gasteiger partial charge < -0.3 is 10.4 Å². The molecule has 2 aromatic rings. The molecule has 1 fully saturated rings. The van der Waals surface area contributed by atoms with Crippen molar-refractivity contribution >= 4 is 22.6 Å². The average Bonchev–Trinajstić information content (AvgIpc) is 2.71. The summed E-state index contributed by atoms with van der Waals surface area (Å²) >= 11 is 0. The van der Waals surface area contributed by atoms with Crippen molar-refractivity contribution in [1.29, 1.82) is 0 Å². The molecule has 14 heteroatoms. The minimum atomic E-state index is -4.93. The molecule has 0 spiro atoms. The lowest BCUT2D eigenvalue weighted by molar-refractivity contribution is -0.140. The minimum Gasteiger partial charge on any atom is -0.501 e. The van der Waals surface area contributed by atoms with Crippen LogP contribution in [0.2, 0.25) is 0 Å². The molecule has 4 N–H and O–H groups in total. The Balaban J connectivity index is 1.89. The smallest absolute Gasteiger partial charge is 0.419 e. The molecule has 0 aliphatic carbocycles. The van der Waals surface area contributed by atoms with Crippen LogP contribution in [0.1, 0.15) is 34.5 Å². The number of aromatic hydroxyl groups is 1. The molecule has 1 aliphatic rings. The van der Waals surface area contributed by atoms with E-state index >= 15 is 0 Å². The summed E-state index contributed by atoms with van der Waals surface area (Å²) in [5.41, 5.74) is -3.35. The third-order valence-corrected chi connectivity index (χ3v) is 6.74. The first-order valence-electron chi connectivity index (χ1n) is 9.30. The summed E-state index contributed by atoms with van der Waals surface area (Å²) in [5.74, 6) is -3.79. The molecule has 1 aromatic heterocycles. The van der Waals surface area contributed by atoms with Crippen molar-refractivity contribution in [3.63, 3.8) is 0 Å². The molecule has 176 valence electrons. The Kier molecular flexibility index (Phi) is 6.40. The topological polar surface area (TPSA) is 128 Å². The number of hydrogen-bond donors (Lipinski definition) is 4. The first kappa shape index (κ1) is 23.8. The summed E-state index contributed by atoms with van der Waals surface area (Å²) in [7, 11) is -2.06. The molecule has 2 heterocycles. The van der Waals surface area contributed by atoms with Gasteiger partial charge in [0.05, 0.1) is 11.3 Å². The molecule has 32 heavy (non-hydrogen) atoms. The normalized spacial score (nSPS) is 17.2. The maximum Gasteiger partial charge on any atom is 0.419 e. The Hall–Kier alpha value is -2.84. The molecule has 3 rings (SSSR count). The molecule has 0 saturated carbocycles. The van der Waals surface area contributed by atoms with Crippen molar-refractivity contribution in [3.05, 3.63) is 51.2 Å². The number of anilines is 1. The predicted octanol–water partition coefficient (Wildman–Crippen LogP) is 2.84. The van der Waals surface area contributed by atoms with Gasteiger partial charge in [-0.25, -0.2) is 13.7 Å². The lowest BCUT2D eigenvalue weighted by Crippen LogP contribution is -2.39. The van der Waals surface area contributed by atoms with Gasteiger partial charge in [-0.15, -0.1) is 10.8 Å². The number of hydrogen-bond acceptors (Lipinski definition) is 7. The molecular formula is C18H20F4N4O5S. The number of rotatable bonds is 4. The number of nitrogens with one attached hydrogen (secondary N) is 1. The van der Waals surface area contributed by atoms with Crippen molar-refractivity contribution < 1.29 is 36.6 Å². The quantitative estimate of drug-likeness (QED) is 0.496. The van der Waals surface area contributed by atoms with Crippen LogP contribution in [0.25, 0.3) is 0 Å². The van der Waals surface area contributed by atoms with Crippen molar-refractivity contribution in [2.45, 2.75) is 25.6 Å². The highest BCUT2D eigenvalue weighted by molar-refractivity contribution is 8.25. The van der Waals surface area contributed by atoms with Gasteiger partial charge >= 0.3 is 6.18 Å². The first-order valence-corrected chi connectivity index (χ1v) is 11.0. The second kappa shape index (κ2) is 8.60. The fourth-order valence-corrected chi connectivity index (χ4v) is 4.82. The van der Waals surface area contributed by atoms with E-state index in [9.17, 15) is 41.4 Å². The van der Waals surface area contributed by atoms with Crippen LogP contribution in [0.15, 0.2) is 23.0 Å². The van der Waals surface area contributed by atoms with E-state index in [2.05, 4.69) is 10.3 Å². The van der Waals surface area contributed by atoms with Crippen LogP contribution < -0.4 is 15.2 Å². The van der Waals surface area contributed by atoms with Gasteiger partial charge in [-0.3, -0.25) is 23.3 Å². The van der Waals surface area contributed by atoms with Gasteiger partial charge in [0.2, 0.25) is 11.7 Å². The molecule has 1 amide bonds. The molecule has 1 aromatic carbocycles. The number of carbonyl (C=O) groups excluding carboxylic acids is 1. The van der Waals surface area contributed by atoms with Crippen LogP contribution >= 0.6 is 10.8 Å². The first-order chi connectivity index (χ1) is 14.8. The standard InChI is InChI=1S/C18H20F4N4O5S/c1-25-16(29)14(27)13(24-17(25)26-6-2-3-7-32(26,30)31)15(28)23-9-10-4-5-12(19)11(8-10)18(20,21)22/h4-5,8,27,30-31H,2-3,6-7,9H2,1H3,(H,23,28). The number of aromatic nitrogens is 2. The Morgan fingerprint density at radius 1 is 1.28 bits per heavy atom. The Bertz CT molecular complexity index is 1110. The van der Waals surface area contributed by atoms with Gasteiger partial charge in [-0.2, -0.15) is 13.2 Å². The molecule has 1 saturated heterocycles. The van der Waals surface area contributed by atoms with Gasteiger partial charge in [-0.05, 0) is 30.5 Å². The highest BCUT2D eigenvalue weighted by Gasteiger charge is 2.34. The second-order valence-corrected chi connectivity index (χ2v) is 9.23. The summed E-state index contributed by atoms with van der Waals surface area (Å²) in [6, 6.07) is 2.18. The summed E-state index contributed by atoms with van der Waals surface area (Å²) in [4.78, 5) is 28.8. The lowest BCUT2D eigenvalue weighted by Gasteiger charge is -2.46. The van der Waals surface area contributed by atoms with Crippen molar-refractivity contribution in [1.82, 2.24) is 14.9 Å². The maximum absolute atomic E-state index is 13.4. The van der Waals surface area contributed by atoms with Crippen molar-refractivity contribution in [3.8, 4) is 5.75 Å². The predicted molar refractivity (Wildman–Crippen MR) is 108 cm³/mol. The van der Waals surface area contributed by atoms with Gasteiger partial charge in [0.15, 0.2) is 5.69 Å². The largest absolute Gasteiger partial charge is 0.501 e. The minimum absolute atomic E-state index is 0.0391.